The standard InChI is InChI=1S/C22H20FN5O3/c23-17-10-16(31-12-14-11-29-7-8-30-14)21-22(27-17)19(15-3-1-2-5-25-15)20(28-21)13-4-6-26-18(24)9-13/h1-6,9-10,14,28H,7-8,11-12H2,(H2,24,26)/t14-/m1/s1. The van der Waals surface area contributed by atoms with Gasteiger partial charge < -0.3 is 24.9 Å². The number of aromatic nitrogens is 4. The molecule has 3 N–H and O–H groups in total. The van der Waals surface area contributed by atoms with Crippen LogP contribution in [0, 0.1) is 5.95 Å². The number of anilines is 1. The highest BCUT2D eigenvalue weighted by molar-refractivity contribution is 6.02. The van der Waals surface area contributed by atoms with Crippen LogP contribution in [0.1, 0.15) is 0 Å². The minimum atomic E-state index is -0.653. The Bertz CT molecular complexity index is 1210. The fourth-order valence-corrected chi connectivity index (χ4v) is 3.61. The highest BCUT2D eigenvalue weighted by Gasteiger charge is 2.22. The van der Waals surface area contributed by atoms with E-state index in [0.29, 0.717) is 59.4 Å². The molecule has 4 aromatic rings. The van der Waals surface area contributed by atoms with Crippen molar-refractivity contribution in [1.29, 1.82) is 0 Å². The second-order valence-corrected chi connectivity index (χ2v) is 7.10. The van der Waals surface area contributed by atoms with E-state index < -0.39 is 5.95 Å². The van der Waals surface area contributed by atoms with Crippen molar-refractivity contribution in [2.75, 3.05) is 32.2 Å². The van der Waals surface area contributed by atoms with Crippen LogP contribution in [0.3, 0.4) is 0 Å². The molecule has 0 spiro atoms. The van der Waals surface area contributed by atoms with Crippen molar-refractivity contribution in [3.8, 4) is 28.3 Å². The number of nitrogen functional groups attached to an aromatic ring is 1. The lowest BCUT2D eigenvalue weighted by Crippen LogP contribution is -2.33. The fourth-order valence-electron chi connectivity index (χ4n) is 3.61. The van der Waals surface area contributed by atoms with Crippen LogP contribution in [-0.2, 0) is 9.47 Å². The monoisotopic (exact) mass is 421 g/mol. The average Bonchev–Trinajstić information content (AvgIpc) is 3.18. The van der Waals surface area contributed by atoms with Crippen LogP contribution in [-0.4, -0.2) is 52.5 Å². The summed E-state index contributed by atoms with van der Waals surface area (Å²) in [5.41, 5.74) is 9.65. The molecule has 0 saturated carbocycles. The van der Waals surface area contributed by atoms with Crippen molar-refractivity contribution < 1.29 is 18.6 Å². The van der Waals surface area contributed by atoms with E-state index in [2.05, 4.69) is 19.9 Å². The number of fused-ring (bicyclic) bond motifs is 1. The quantitative estimate of drug-likeness (QED) is 0.476. The number of halogens is 1. The van der Waals surface area contributed by atoms with Crippen LogP contribution < -0.4 is 10.5 Å². The lowest BCUT2D eigenvalue weighted by Gasteiger charge is -2.23. The Morgan fingerprint density at radius 1 is 1.16 bits per heavy atom. The smallest absolute Gasteiger partial charge is 0.217 e. The Morgan fingerprint density at radius 3 is 2.87 bits per heavy atom. The molecular formula is C22H20FN5O3. The first-order chi connectivity index (χ1) is 15.2. The van der Waals surface area contributed by atoms with E-state index in [9.17, 15) is 4.39 Å². The van der Waals surface area contributed by atoms with Crippen molar-refractivity contribution in [2.45, 2.75) is 6.10 Å². The van der Waals surface area contributed by atoms with Gasteiger partial charge in [0.15, 0.2) is 0 Å². The molecule has 1 aliphatic rings. The predicted octanol–water partition coefficient (Wildman–Crippen LogP) is 3.20. The maximum atomic E-state index is 14.5. The molecule has 158 valence electrons. The second-order valence-electron chi connectivity index (χ2n) is 7.10. The normalized spacial score (nSPS) is 16.5. The summed E-state index contributed by atoms with van der Waals surface area (Å²) in [5, 5.41) is 0. The number of hydrogen-bond acceptors (Lipinski definition) is 7. The minimum Gasteiger partial charge on any atom is -0.488 e. The summed E-state index contributed by atoms with van der Waals surface area (Å²) in [7, 11) is 0. The summed E-state index contributed by atoms with van der Waals surface area (Å²) in [5.74, 6) is 0.0515. The molecule has 1 fully saturated rings. The number of nitrogens with zero attached hydrogens (tertiary/aromatic N) is 3. The van der Waals surface area contributed by atoms with Gasteiger partial charge in [0.2, 0.25) is 5.95 Å². The Balaban J connectivity index is 1.65. The molecule has 0 radical (unpaired) electrons. The van der Waals surface area contributed by atoms with E-state index >= 15 is 0 Å². The van der Waals surface area contributed by atoms with Crippen LogP contribution in [0.25, 0.3) is 33.5 Å². The number of hydrogen-bond donors (Lipinski definition) is 2. The van der Waals surface area contributed by atoms with Gasteiger partial charge >= 0.3 is 0 Å². The second kappa shape index (κ2) is 8.29. The van der Waals surface area contributed by atoms with Gasteiger partial charge in [-0.25, -0.2) is 9.97 Å². The fraction of sp³-hybridized carbons (Fsp3) is 0.227. The number of ether oxygens (including phenoxy) is 3. The molecular weight excluding hydrogens is 401 g/mol. The maximum Gasteiger partial charge on any atom is 0.217 e. The molecule has 0 bridgehead atoms. The van der Waals surface area contributed by atoms with E-state index in [1.807, 2.05) is 24.3 Å². The average molecular weight is 421 g/mol. The third-order valence-corrected chi connectivity index (χ3v) is 4.99. The summed E-state index contributed by atoms with van der Waals surface area (Å²) in [6, 6.07) is 10.3. The minimum absolute atomic E-state index is 0.218. The number of aromatic amines is 1. The summed E-state index contributed by atoms with van der Waals surface area (Å²) in [6.07, 6.45) is 3.07. The molecule has 8 nitrogen and oxygen atoms in total. The van der Waals surface area contributed by atoms with Crippen molar-refractivity contribution in [2.24, 2.45) is 0 Å². The Hall–Kier alpha value is -3.56. The number of nitrogens with two attached hydrogens (primary N) is 1. The zero-order valence-corrected chi connectivity index (χ0v) is 16.5. The van der Waals surface area contributed by atoms with Crippen molar-refractivity contribution in [1.82, 2.24) is 19.9 Å². The van der Waals surface area contributed by atoms with Gasteiger partial charge in [0.05, 0.1) is 36.8 Å². The topological polar surface area (TPSA) is 108 Å². The summed E-state index contributed by atoms with van der Waals surface area (Å²) in [6.45, 7) is 1.73. The third kappa shape index (κ3) is 3.92. The Kier molecular flexibility index (Phi) is 5.19. The van der Waals surface area contributed by atoms with Crippen LogP contribution in [0.15, 0.2) is 48.8 Å². The first-order valence-corrected chi connectivity index (χ1v) is 9.86. The van der Waals surface area contributed by atoms with Gasteiger partial charge in [-0.1, -0.05) is 6.07 Å². The number of nitrogens with one attached hydrogen (secondary N) is 1. The molecule has 4 aromatic heterocycles. The molecule has 5 rings (SSSR count). The molecule has 0 amide bonds. The SMILES string of the molecule is Nc1cc(-c2[nH]c3c(OC[C@H]4COCCO4)cc(F)nc3c2-c2ccccn2)ccn1. The van der Waals surface area contributed by atoms with E-state index in [4.69, 9.17) is 19.9 Å². The van der Waals surface area contributed by atoms with Crippen molar-refractivity contribution in [3.63, 3.8) is 0 Å². The number of rotatable bonds is 5. The number of H-pyrrole nitrogens is 1. The van der Waals surface area contributed by atoms with Gasteiger partial charge in [0, 0.05) is 24.0 Å². The van der Waals surface area contributed by atoms with Crippen LogP contribution >= 0.6 is 0 Å². The molecule has 1 saturated heterocycles. The highest BCUT2D eigenvalue weighted by Crippen LogP contribution is 2.40. The molecule has 1 aliphatic heterocycles. The Morgan fingerprint density at radius 2 is 2.10 bits per heavy atom. The lowest BCUT2D eigenvalue weighted by molar-refractivity contribution is -0.101. The summed E-state index contributed by atoms with van der Waals surface area (Å²) < 4.78 is 31.5. The van der Waals surface area contributed by atoms with E-state index in [-0.39, 0.29) is 12.7 Å². The van der Waals surface area contributed by atoms with Gasteiger partial charge in [0.1, 0.15) is 35.3 Å². The van der Waals surface area contributed by atoms with Crippen molar-refractivity contribution in [3.05, 3.63) is 54.7 Å². The first-order valence-electron chi connectivity index (χ1n) is 9.86. The van der Waals surface area contributed by atoms with Crippen LogP contribution in [0.2, 0.25) is 0 Å². The Labute approximate surface area is 177 Å². The summed E-state index contributed by atoms with van der Waals surface area (Å²) in [4.78, 5) is 16.0. The molecule has 0 unspecified atom stereocenters. The first kappa shape index (κ1) is 19.4. The molecule has 5 heterocycles. The molecule has 1 atom stereocenters. The van der Waals surface area contributed by atoms with Gasteiger partial charge in [-0.05, 0) is 24.3 Å². The molecule has 31 heavy (non-hydrogen) atoms. The van der Waals surface area contributed by atoms with Gasteiger partial charge in [-0.2, -0.15) is 4.39 Å². The van der Waals surface area contributed by atoms with E-state index in [1.54, 1.807) is 18.5 Å². The van der Waals surface area contributed by atoms with Gasteiger partial charge in [-0.15, -0.1) is 0 Å². The third-order valence-electron chi connectivity index (χ3n) is 4.99. The highest BCUT2D eigenvalue weighted by atomic mass is 19.1. The molecule has 0 aliphatic carbocycles. The lowest BCUT2D eigenvalue weighted by atomic mass is 10.0. The van der Waals surface area contributed by atoms with Crippen LogP contribution in [0.5, 0.6) is 5.75 Å². The van der Waals surface area contributed by atoms with Crippen molar-refractivity contribution >= 4 is 16.9 Å². The zero-order valence-electron chi connectivity index (χ0n) is 16.5. The predicted molar refractivity (Wildman–Crippen MR) is 113 cm³/mol. The van der Waals surface area contributed by atoms with Gasteiger partial charge in [-0.3, -0.25) is 4.98 Å². The zero-order chi connectivity index (χ0) is 21.2. The summed E-state index contributed by atoms with van der Waals surface area (Å²) >= 11 is 0. The van der Waals surface area contributed by atoms with Crippen LogP contribution in [0.4, 0.5) is 10.2 Å². The van der Waals surface area contributed by atoms with E-state index in [0.717, 1.165) is 5.56 Å². The molecule has 9 heteroatoms. The molecule has 0 aromatic carbocycles. The van der Waals surface area contributed by atoms with E-state index in [1.165, 1.54) is 6.07 Å². The maximum absolute atomic E-state index is 14.5. The number of pyridine rings is 3. The largest absolute Gasteiger partial charge is 0.488 e. The van der Waals surface area contributed by atoms with Gasteiger partial charge in [0.25, 0.3) is 0 Å².